The third-order valence-corrected chi connectivity index (χ3v) is 5.45. The molecule has 0 aromatic heterocycles. The van der Waals surface area contributed by atoms with Crippen molar-refractivity contribution in [2.75, 3.05) is 11.1 Å². The van der Waals surface area contributed by atoms with Crippen LogP contribution < -0.4 is 5.32 Å². The summed E-state index contributed by atoms with van der Waals surface area (Å²) in [7, 11) is 0. The van der Waals surface area contributed by atoms with Crippen molar-refractivity contribution in [2.45, 2.75) is 43.0 Å². The van der Waals surface area contributed by atoms with Crippen molar-refractivity contribution in [3.63, 3.8) is 0 Å². The molecule has 1 aliphatic heterocycles. The molecule has 0 aliphatic carbocycles. The van der Waals surface area contributed by atoms with Crippen LogP contribution in [0.2, 0.25) is 0 Å². The van der Waals surface area contributed by atoms with E-state index in [1.165, 1.54) is 10.5 Å². The Bertz CT molecular complexity index is 465. The molecule has 2 nitrogen and oxygen atoms in total. The first-order valence-electron chi connectivity index (χ1n) is 6.69. The van der Waals surface area contributed by atoms with E-state index in [9.17, 15) is 4.79 Å². The van der Waals surface area contributed by atoms with E-state index in [1.807, 2.05) is 12.1 Å². The second-order valence-corrected chi connectivity index (χ2v) is 7.10. The van der Waals surface area contributed by atoms with Gasteiger partial charge in [-0.25, -0.2) is 0 Å². The predicted octanol–water partition coefficient (Wildman–Crippen LogP) is 3.95. The highest BCUT2D eigenvalue weighted by Gasteiger charge is 2.32. The molecule has 4 heteroatoms. The largest absolute Gasteiger partial charge is 0.350 e. The third kappa shape index (κ3) is 3.34. The molecule has 1 aromatic carbocycles. The van der Waals surface area contributed by atoms with Crippen LogP contribution in [0.25, 0.3) is 0 Å². The minimum atomic E-state index is -0.108. The quantitative estimate of drug-likeness (QED) is 0.821. The lowest BCUT2D eigenvalue weighted by atomic mass is 9.93. The molecule has 0 fully saturated rings. The summed E-state index contributed by atoms with van der Waals surface area (Å²) < 4.78 is 0. The van der Waals surface area contributed by atoms with Crippen molar-refractivity contribution in [1.82, 2.24) is 5.32 Å². The number of fused-ring (bicyclic) bond motifs is 1. The lowest BCUT2D eigenvalue weighted by molar-refractivity contribution is -0.123. The van der Waals surface area contributed by atoms with Crippen LogP contribution >= 0.6 is 27.7 Å². The van der Waals surface area contributed by atoms with E-state index in [1.54, 1.807) is 11.8 Å². The van der Waals surface area contributed by atoms with Gasteiger partial charge in [0.25, 0.3) is 0 Å². The Labute approximate surface area is 127 Å². The Hall–Kier alpha value is -0.480. The van der Waals surface area contributed by atoms with Crippen molar-refractivity contribution >= 4 is 33.6 Å². The maximum absolute atomic E-state index is 12.5. The van der Waals surface area contributed by atoms with E-state index in [-0.39, 0.29) is 17.4 Å². The maximum Gasteiger partial charge on any atom is 0.228 e. The summed E-state index contributed by atoms with van der Waals surface area (Å²) in [5.74, 6) is 1.03. The van der Waals surface area contributed by atoms with Crippen molar-refractivity contribution in [3.8, 4) is 0 Å². The molecule has 19 heavy (non-hydrogen) atoms. The monoisotopic (exact) mass is 341 g/mol. The van der Waals surface area contributed by atoms with Crippen molar-refractivity contribution < 1.29 is 4.79 Å². The van der Waals surface area contributed by atoms with Gasteiger partial charge in [-0.15, -0.1) is 11.8 Å². The van der Waals surface area contributed by atoms with Crippen LogP contribution in [0.5, 0.6) is 0 Å². The molecule has 1 aliphatic rings. The molecule has 1 amide bonds. The van der Waals surface area contributed by atoms with Crippen LogP contribution in [0.15, 0.2) is 29.2 Å². The lowest BCUT2D eigenvalue weighted by Crippen LogP contribution is -2.47. The van der Waals surface area contributed by atoms with Gasteiger partial charge < -0.3 is 5.32 Å². The predicted molar refractivity (Wildman–Crippen MR) is 85.2 cm³/mol. The van der Waals surface area contributed by atoms with Crippen molar-refractivity contribution in [2.24, 2.45) is 0 Å². The zero-order chi connectivity index (χ0) is 13.9. The first-order chi connectivity index (χ1) is 9.09. The highest BCUT2D eigenvalue weighted by molar-refractivity contribution is 9.09. The van der Waals surface area contributed by atoms with E-state index in [0.717, 1.165) is 23.9 Å². The Kier molecular flexibility index (Phi) is 4.96. The van der Waals surface area contributed by atoms with Gasteiger partial charge in [-0.1, -0.05) is 41.1 Å². The number of rotatable bonds is 5. The topological polar surface area (TPSA) is 29.1 Å². The van der Waals surface area contributed by atoms with Crippen LogP contribution in [0.3, 0.4) is 0 Å². The highest BCUT2D eigenvalue weighted by Crippen LogP contribution is 2.39. The number of halogens is 1. The number of amides is 1. The van der Waals surface area contributed by atoms with Gasteiger partial charge in [-0.2, -0.15) is 0 Å². The molecule has 1 heterocycles. The molecule has 0 radical (unpaired) electrons. The molecular weight excluding hydrogens is 322 g/mol. The Balaban J connectivity index is 2.10. The average molecular weight is 342 g/mol. The number of thioether (sulfide) groups is 1. The van der Waals surface area contributed by atoms with Crippen LogP contribution in [-0.2, 0) is 4.79 Å². The molecule has 0 saturated carbocycles. The summed E-state index contributed by atoms with van der Waals surface area (Å²) in [4.78, 5) is 13.8. The molecule has 104 valence electrons. The number of alkyl halides is 1. The summed E-state index contributed by atoms with van der Waals surface area (Å²) in [6.07, 6.45) is 1.91. The minimum Gasteiger partial charge on any atom is -0.350 e. The molecule has 0 bridgehead atoms. The Morgan fingerprint density at radius 1 is 1.53 bits per heavy atom. The summed E-state index contributed by atoms with van der Waals surface area (Å²) in [5.41, 5.74) is 1.07. The molecule has 2 rings (SSSR count). The van der Waals surface area contributed by atoms with Gasteiger partial charge in [-0.3, -0.25) is 4.79 Å². The number of hydrogen-bond donors (Lipinski definition) is 1. The van der Waals surface area contributed by atoms with Crippen molar-refractivity contribution in [3.05, 3.63) is 29.8 Å². The number of nitrogens with one attached hydrogen (secondary N) is 1. The smallest absolute Gasteiger partial charge is 0.228 e. The van der Waals surface area contributed by atoms with Gasteiger partial charge in [0.2, 0.25) is 5.91 Å². The summed E-state index contributed by atoms with van der Waals surface area (Å²) in [5, 5.41) is 4.15. The Morgan fingerprint density at radius 2 is 2.26 bits per heavy atom. The fourth-order valence-electron chi connectivity index (χ4n) is 2.30. The van der Waals surface area contributed by atoms with Crippen molar-refractivity contribution in [1.29, 1.82) is 0 Å². The van der Waals surface area contributed by atoms with E-state index in [2.05, 4.69) is 47.2 Å². The average Bonchev–Trinajstić information content (AvgIpc) is 2.83. The number of benzene rings is 1. The number of carbonyl (C=O) groups is 1. The number of carbonyl (C=O) groups excluding carboxylic acids is 1. The highest BCUT2D eigenvalue weighted by atomic mass is 79.9. The SMILES string of the molecule is CCC(C)(CCBr)NC(=O)C1CSc2ccccc21. The zero-order valence-corrected chi connectivity index (χ0v) is 13.8. The first-order valence-corrected chi connectivity index (χ1v) is 8.80. The maximum atomic E-state index is 12.5. The second-order valence-electron chi connectivity index (χ2n) is 5.24. The Morgan fingerprint density at radius 3 is 2.95 bits per heavy atom. The van der Waals surface area contributed by atoms with E-state index >= 15 is 0 Å². The molecule has 1 aromatic rings. The lowest BCUT2D eigenvalue weighted by Gasteiger charge is -2.30. The minimum absolute atomic E-state index is 0.00222. The first kappa shape index (κ1) is 14.9. The van der Waals surface area contributed by atoms with Crippen LogP contribution in [0, 0.1) is 0 Å². The van der Waals surface area contributed by atoms with Gasteiger partial charge in [0.05, 0.1) is 5.92 Å². The number of hydrogen-bond acceptors (Lipinski definition) is 2. The van der Waals surface area contributed by atoms with Gasteiger partial charge in [-0.05, 0) is 31.4 Å². The van der Waals surface area contributed by atoms with Gasteiger partial charge in [0.1, 0.15) is 0 Å². The molecule has 0 saturated heterocycles. The van der Waals surface area contributed by atoms with Gasteiger partial charge >= 0.3 is 0 Å². The summed E-state index contributed by atoms with van der Waals surface area (Å²) in [6.45, 7) is 4.25. The van der Waals surface area contributed by atoms with E-state index in [4.69, 9.17) is 0 Å². The normalized spacial score (nSPS) is 20.7. The van der Waals surface area contributed by atoms with Gasteiger partial charge in [0, 0.05) is 21.5 Å². The van der Waals surface area contributed by atoms with Crippen LogP contribution in [-0.4, -0.2) is 22.5 Å². The third-order valence-electron chi connectivity index (χ3n) is 3.87. The van der Waals surface area contributed by atoms with E-state index in [0.29, 0.717) is 0 Å². The molecular formula is C15H20BrNOS. The zero-order valence-electron chi connectivity index (χ0n) is 11.4. The van der Waals surface area contributed by atoms with Crippen LogP contribution in [0.4, 0.5) is 0 Å². The standard InChI is InChI=1S/C15H20BrNOS/c1-3-15(2,8-9-16)17-14(18)12-10-19-13-7-5-4-6-11(12)13/h4-7,12H,3,8-10H2,1-2H3,(H,17,18). The summed E-state index contributed by atoms with van der Waals surface area (Å²) >= 11 is 5.25. The van der Waals surface area contributed by atoms with Gasteiger partial charge in [0.15, 0.2) is 0 Å². The fraction of sp³-hybridized carbons (Fsp3) is 0.533. The fourth-order valence-corrected chi connectivity index (χ4v) is 4.40. The molecule has 0 spiro atoms. The van der Waals surface area contributed by atoms with Crippen LogP contribution in [0.1, 0.15) is 38.2 Å². The summed E-state index contributed by atoms with van der Waals surface area (Å²) in [6, 6.07) is 8.23. The molecule has 2 atom stereocenters. The second kappa shape index (κ2) is 6.31. The molecule has 2 unspecified atom stereocenters. The van der Waals surface area contributed by atoms with E-state index < -0.39 is 0 Å². The molecule has 1 N–H and O–H groups in total.